The van der Waals surface area contributed by atoms with Crippen LogP contribution in [-0.4, -0.2) is 21.0 Å². The third-order valence-corrected chi connectivity index (χ3v) is 4.58. The van der Waals surface area contributed by atoms with Gasteiger partial charge in [-0.05, 0) is 25.1 Å². The Bertz CT molecular complexity index is 774. The molecule has 5 nitrogen and oxygen atoms in total. The van der Waals surface area contributed by atoms with Gasteiger partial charge in [0.05, 0.1) is 11.5 Å². The lowest BCUT2D eigenvalue weighted by molar-refractivity contribution is -0.151. The Hall–Kier alpha value is -1.89. The molecule has 0 aliphatic heterocycles. The minimum absolute atomic E-state index is 0.0543. The Morgan fingerprint density at radius 2 is 1.70 bits per heavy atom. The summed E-state index contributed by atoms with van der Waals surface area (Å²) in [4.78, 5) is 12.1. The lowest BCUT2D eigenvalue weighted by Crippen LogP contribution is -2.22. The maximum atomic E-state index is 12.4. The topological polar surface area (TPSA) is 69.7 Å². The lowest BCUT2D eigenvalue weighted by Gasteiger charge is -2.17. The van der Waals surface area contributed by atoms with Crippen molar-refractivity contribution in [2.75, 3.05) is 6.61 Å². The summed E-state index contributed by atoms with van der Waals surface area (Å²) in [7, 11) is -4.15. The largest absolute Gasteiger partial charge is 0.464 e. The molecule has 1 unspecified atom stereocenters. The van der Waals surface area contributed by atoms with E-state index in [1.165, 1.54) is 18.2 Å². The quantitative estimate of drug-likeness (QED) is 0.587. The van der Waals surface area contributed by atoms with Crippen molar-refractivity contribution in [2.24, 2.45) is 0 Å². The summed E-state index contributed by atoms with van der Waals surface area (Å²) in [6.07, 6.45) is -1.46. The highest BCUT2D eigenvalue weighted by Crippen LogP contribution is 2.30. The molecule has 0 spiro atoms. The Morgan fingerprint density at radius 1 is 1.09 bits per heavy atom. The number of hydrogen-bond donors (Lipinski definition) is 0. The molecule has 0 aromatic heterocycles. The average molecular weight is 355 g/mol. The van der Waals surface area contributed by atoms with E-state index in [0.717, 1.165) is 0 Å². The maximum absolute atomic E-state index is 12.4. The van der Waals surface area contributed by atoms with E-state index in [1.54, 1.807) is 43.3 Å². The SMILES string of the molecule is CCOC(=O)C(OS(=O)(=O)c1ccccc1)c1ccccc1Cl. The van der Waals surface area contributed by atoms with Gasteiger partial charge in [0.25, 0.3) is 10.1 Å². The fourth-order valence-electron chi connectivity index (χ4n) is 1.89. The Labute approximate surface area is 139 Å². The van der Waals surface area contributed by atoms with Crippen LogP contribution >= 0.6 is 11.6 Å². The third kappa shape index (κ3) is 4.31. The van der Waals surface area contributed by atoms with Crippen molar-refractivity contribution < 1.29 is 22.1 Å². The lowest BCUT2D eigenvalue weighted by atomic mass is 10.1. The van der Waals surface area contributed by atoms with Crippen LogP contribution in [0.4, 0.5) is 0 Å². The van der Waals surface area contributed by atoms with E-state index in [0.29, 0.717) is 0 Å². The molecule has 0 N–H and O–H groups in total. The highest BCUT2D eigenvalue weighted by molar-refractivity contribution is 7.86. The van der Waals surface area contributed by atoms with Gasteiger partial charge in [-0.2, -0.15) is 8.42 Å². The van der Waals surface area contributed by atoms with Crippen LogP contribution in [0, 0.1) is 0 Å². The van der Waals surface area contributed by atoms with E-state index in [9.17, 15) is 13.2 Å². The van der Waals surface area contributed by atoms with Crippen molar-refractivity contribution in [1.29, 1.82) is 0 Å². The molecule has 2 aromatic carbocycles. The molecule has 0 bridgehead atoms. The van der Waals surface area contributed by atoms with Crippen LogP contribution in [0.2, 0.25) is 5.02 Å². The molecule has 0 amide bonds. The number of rotatable bonds is 6. The second-order valence-electron chi connectivity index (χ2n) is 4.52. The van der Waals surface area contributed by atoms with Gasteiger partial charge >= 0.3 is 5.97 Å². The minimum atomic E-state index is -4.15. The molecule has 122 valence electrons. The number of benzene rings is 2. The summed E-state index contributed by atoms with van der Waals surface area (Å²) in [6, 6.07) is 13.9. The number of carbonyl (C=O) groups excluding carboxylic acids is 1. The van der Waals surface area contributed by atoms with E-state index in [1.807, 2.05) is 0 Å². The molecule has 1 atom stereocenters. The molecule has 0 heterocycles. The summed E-state index contributed by atoms with van der Waals surface area (Å²) in [5.74, 6) is -0.819. The van der Waals surface area contributed by atoms with Crippen LogP contribution in [0.15, 0.2) is 59.5 Å². The molecule has 0 aliphatic rings. The summed E-state index contributed by atoms with van der Waals surface area (Å²) in [5, 5.41) is 0.216. The standard InChI is InChI=1S/C16H15ClO5S/c1-2-21-16(18)15(13-10-6-7-11-14(13)17)22-23(19,20)12-8-4-3-5-9-12/h3-11,15H,2H2,1H3. The first kappa shape index (κ1) is 17.5. The number of ether oxygens (including phenoxy) is 1. The third-order valence-electron chi connectivity index (χ3n) is 2.94. The molecular weight excluding hydrogens is 340 g/mol. The molecule has 0 saturated heterocycles. The van der Waals surface area contributed by atoms with Crippen LogP contribution in [0.5, 0.6) is 0 Å². The van der Waals surface area contributed by atoms with Crippen LogP contribution in [0.1, 0.15) is 18.6 Å². The van der Waals surface area contributed by atoms with Crippen molar-refractivity contribution in [3.05, 3.63) is 65.2 Å². The molecule has 2 aromatic rings. The van der Waals surface area contributed by atoms with Gasteiger partial charge in [-0.1, -0.05) is 48.0 Å². The van der Waals surface area contributed by atoms with Crippen LogP contribution in [-0.2, 0) is 23.8 Å². The van der Waals surface area contributed by atoms with Gasteiger partial charge in [0.15, 0.2) is 0 Å². The zero-order chi connectivity index (χ0) is 16.9. The Morgan fingerprint density at radius 3 is 2.30 bits per heavy atom. The van der Waals surface area contributed by atoms with Gasteiger partial charge in [0.2, 0.25) is 6.10 Å². The van der Waals surface area contributed by atoms with Crippen LogP contribution in [0.3, 0.4) is 0 Å². The number of esters is 1. The fourth-order valence-corrected chi connectivity index (χ4v) is 3.17. The van der Waals surface area contributed by atoms with E-state index < -0.39 is 22.2 Å². The molecule has 23 heavy (non-hydrogen) atoms. The summed E-state index contributed by atoms with van der Waals surface area (Å²) in [6.45, 7) is 1.71. The monoisotopic (exact) mass is 354 g/mol. The minimum Gasteiger partial charge on any atom is -0.464 e. The summed E-state index contributed by atoms with van der Waals surface area (Å²) < 4.78 is 34.8. The normalized spacial score (nSPS) is 12.6. The molecule has 0 radical (unpaired) electrons. The van der Waals surface area contributed by atoms with Gasteiger partial charge in [-0.15, -0.1) is 0 Å². The predicted molar refractivity (Wildman–Crippen MR) is 85.5 cm³/mol. The Kier molecular flexibility index (Phi) is 5.76. The molecular formula is C16H15ClO5S. The zero-order valence-electron chi connectivity index (χ0n) is 12.3. The van der Waals surface area contributed by atoms with Gasteiger partial charge in [-0.25, -0.2) is 8.98 Å². The Balaban J connectivity index is 2.40. The van der Waals surface area contributed by atoms with Crippen molar-refractivity contribution in [2.45, 2.75) is 17.9 Å². The summed E-state index contributed by atoms with van der Waals surface area (Å²) >= 11 is 6.06. The second-order valence-corrected chi connectivity index (χ2v) is 6.50. The number of halogens is 1. The van der Waals surface area contributed by atoms with E-state index in [2.05, 4.69) is 0 Å². The first-order chi connectivity index (χ1) is 11.0. The number of carbonyl (C=O) groups is 1. The van der Waals surface area contributed by atoms with Crippen LogP contribution < -0.4 is 0 Å². The number of hydrogen-bond acceptors (Lipinski definition) is 5. The first-order valence-electron chi connectivity index (χ1n) is 6.85. The summed E-state index contributed by atoms with van der Waals surface area (Å²) in [5.41, 5.74) is 0.229. The molecule has 7 heteroatoms. The van der Waals surface area contributed by atoms with Gasteiger partial charge in [0.1, 0.15) is 0 Å². The van der Waals surface area contributed by atoms with E-state index in [-0.39, 0.29) is 22.1 Å². The van der Waals surface area contributed by atoms with Crippen molar-refractivity contribution in [1.82, 2.24) is 0 Å². The average Bonchev–Trinajstić information content (AvgIpc) is 2.54. The van der Waals surface area contributed by atoms with Crippen LogP contribution in [0.25, 0.3) is 0 Å². The van der Waals surface area contributed by atoms with Gasteiger partial charge in [0, 0.05) is 10.6 Å². The van der Waals surface area contributed by atoms with E-state index in [4.69, 9.17) is 20.5 Å². The molecule has 2 rings (SSSR count). The fraction of sp³-hybridized carbons (Fsp3) is 0.188. The highest BCUT2D eigenvalue weighted by atomic mass is 35.5. The zero-order valence-corrected chi connectivity index (χ0v) is 13.9. The molecule has 0 aliphatic carbocycles. The second kappa shape index (κ2) is 7.59. The van der Waals surface area contributed by atoms with Crippen molar-refractivity contribution in [3.8, 4) is 0 Å². The molecule has 0 saturated carbocycles. The maximum Gasteiger partial charge on any atom is 0.341 e. The van der Waals surface area contributed by atoms with Gasteiger partial charge in [-0.3, -0.25) is 0 Å². The molecule has 0 fully saturated rings. The first-order valence-corrected chi connectivity index (χ1v) is 8.63. The van der Waals surface area contributed by atoms with Gasteiger partial charge < -0.3 is 4.74 Å². The predicted octanol–water partition coefficient (Wildman–Crippen LogP) is 3.35. The highest BCUT2D eigenvalue weighted by Gasteiger charge is 2.31. The van der Waals surface area contributed by atoms with Crippen molar-refractivity contribution >= 4 is 27.7 Å². The van der Waals surface area contributed by atoms with Crippen molar-refractivity contribution in [3.63, 3.8) is 0 Å². The smallest absolute Gasteiger partial charge is 0.341 e. The van der Waals surface area contributed by atoms with E-state index >= 15 is 0 Å².